The zero-order valence-electron chi connectivity index (χ0n) is 10.6. The lowest BCUT2D eigenvalue weighted by atomic mass is 10.0. The van der Waals surface area contributed by atoms with E-state index in [1.54, 1.807) is 0 Å². The zero-order valence-corrected chi connectivity index (χ0v) is 13.0. The minimum Gasteiger partial charge on any atom is -0.315 e. The molecule has 2 unspecified atom stereocenters. The van der Waals surface area contributed by atoms with Gasteiger partial charge >= 0.3 is 0 Å². The summed E-state index contributed by atoms with van der Waals surface area (Å²) < 4.78 is 1.23. The normalized spacial score (nSPS) is 22.9. The van der Waals surface area contributed by atoms with E-state index in [9.17, 15) is 0 Å². The van der Waals surface area contributed by atoms with Gasteiger partial charge in [-0.2, -0.15) is 0 Å². The van der Waals surface area contributed by atoms with Crippen LogP contribution < -0.4 is 5.32 Å². The second kappa shape index (κ2) is 6.32. The maximum atomic E-state index is 3.56. The van der Waals surface area contributed by atoms with E-state index in [-0.39, 0.29) is 0 Å². The molecule has 1 saturated heterocycles. The molecule has 96 valence electrons. The van der Waals surface area contributed by atoms with Gasteiger partial charge in [-0.15, -0.1) is 11.3 Å². The van der Waals surface area contributed by atoms with Crippen molar-refractivity contribution in [1.29, 1.82) is 0 Å². The Morgan fingerprint density at radius 3 is 2.94 bits per heavy atom. The van der Waals surface area contributed by atoms with E-state index >= 15 is 0 Å². The summed E-state index contributed by atoms with van der Waals surface area (Å²) in [5.74, 6) is 0. The van der Waals surface area contributed by atoms with Crippen molar-refractivity contribution in [3.63, 3.8) is 0 Å². The van der Waals surface area contributed by atoms with Gasteiger partial charge in [-0.3, -0.25) is 4.90 Å². The molecule has 2 atom stereocenters. The standard InChI is InChI=1S/C13H21BrN2S/c1-3-16(11-5-4-8-15-9-11)10(2)12-6-7-13(14)17-12/h6-7,10-11,15H,3-5,8-9H2,1-2H3. The molecule has 0 bridgehead atoms. The topological polar surface area (TPSA) is 15.3 Å². The predicted molar refractivity (Wildman–Crippen MR) is 78.7 cm³/mol. The van der Waals surface area contributed by atoms with Crippen LogP contribution in [0, 0.1) is 0 Å². The summed E-state index contributed by atoms with van der Waals surface area (Å²) in [6.45, 7) is 8.06. The van der Waals surface area contributed by atoms with E-state index in [0.29, 0.717) is 12.1 Å². The van der Waals surface area contributed by atoms with Gasteiger partial charge in [0.25, 0.3) is 0 Å². The summed E-state index contributed by atoms with van der Waals surface area (Å²) in [4.78, 5) is 4.09. The third-order valence-electron chi connectivity index (χ3n) is 3.61. The van der Waals surface area contributed by atoms with Crippen LogP contribution in [0.3, 0.4) is 0 Å². The Hall–Kier alpha value is 0.1000. The highest BCUT2D eigenvalue weighted by atomic mass is 79.9. The zero-order chi connectivity index (χ0) is 12.3. The van der Waals surface area contributed by atoms with Gasteiger partial charge in [0.1, 0.15) is 0 Å². The average Bonchev–Trinajstić information content (AvgIpc) is 2.78. The van der Waals surface area contributed by atoms with Crippen LogP contribution in [0.15, 0.2) is 15.9 Å². The van der Waals surface area contributed by atoms with Gasteiger partial charge in [-0.25, -0.2) is 0 Å². The lowest BCUT2D eigenvalue weighted by Crippen LogP contribution is -2.46. The molecule has 1 aromatic rings. The maximum absolute atomic E-state index is 3.56. The highest BCUT2D eigenvalue weighted by Gasteiger charge is 2.25. The Morgan fingerprint density at radius 2 is 2.41 bits per heavy atom. The van der Waals surface area contributed by atoms with Crippen LogP contribution in [0.5, 0.6) is 0 Å². The van der Waals surface area contributed by atoms with Crippen molar-refractivity contribution in [3.8, 4) is 0 Å². The lowest BCUT2D eigenvalue weighted by Gasteiger charge is -2.37. The van der Waals surface area contributed by atoms with E-state index in [0.717, 1.165) is 13.1 Å². The molecule has 0 aliphatic carbocycles. The van der Waals surface area contributed by atoms with Crippen molar-refractivity contribution in [2.24, 2.45) is 0 Å². The third kappa shape index (κ3) is 3.31. The van der Waals surface area contributed by atoms with Gasteiger partial charge in [0.15, 0.2) is 0 Å². The molecule has 17 heavy (non-hydrogen) atoms. The second-order valence-electron chi connectivity index (χ2n) is 4.65. The van der Waals surface area contributed by atoms with Gasteiger partial charge in [0.05, 0.1) is 3.79 Å². The first-order valence-corrected chi connectivity index (χ1v) is 8.05. The molecule has 1 aliphatic heterocycles. The Bertz CT molecular complexity index is 347. The van der Waals surface area contributed by atoms with Crippen molar-refractivity contribution in [2.45, 2.75) is 38.8 Å². The van der Waals surface area contributed by atoms with E-state index < -0.39 is 0 Å². The quantitative estimate of drug-likeness (QED) is 0.912. The van der Waals surface area contributed by atoms with Gasteiger partial charge in [-0.1, -0.05) is 6.92 Å². The molecule has 2 nitrogen and oxygen atoms in total. The molecule has 0 aromatic carbocycles. The minimum absolute atomic E-state index is 0.529. The van der Waals surface area contributed by atoms with Crippen LogP contribution in [0.1, 0.15) is 37.6 Å². The van der Waals surface area contributed by atoms with E-state index in [1.807, 2.05) is 11.3 Å². The fraction of sp³-hybridized carbons (Fsp3) is 0.692. The van der Waals surface area contributed by atoms with E-state index in [2.05, 4.69) is 52.1 Å². The molecule has 4 heteroatoms. The van der Waals surface area contributed by atoms with Crippen molar-refractivity contribution in [2.75, 3.05) is 19.6 Å². The van der Waals surface area contributed by atoms with Crippen molar-refractivity contribution >= 4 is 27.3 Å². The minimum atomic E-state index is 0.529. The molecule has 1 aromatic heterocycles. The molecular formula is C13H21BrN2S. The Labute approximate surface area is 117 Å². The fourth-order valence-electron chi connectivity index (χ4n) is 2.68. The number of hydrogen-bond acceptors (Lipinski definition) is 3. The van der Waals surface area contributed by atoms with Crippen LogP contribution in [0.25, 0.3) is 0 Å². The summed E-state index contributed by atoms with van der Waals surface area (Å²) in [5, 5.41) is 3.51. The summed E-state index contributed by atoms with van der Waals surface area (Å²) >= 11 is 5.41. The molecule has 1 N–H and O–H groups in total. The highest BCUT2D eigenvalue weighted by molar-refractivity contribution is 9.11. The Kier molecular flexibility index (Phi) is 5.03. The number of thiophene rings is 1. The van der Waals surface area contributed by atoms with Crippen LogP contribution in [0.4, 0.5) is 0 Å². The number of nitrogens with zero attached hydrogens (tertiary/aromatic N) is 1. The number of piperidine rings is 1. The number of hydrogen-bond donors (Lipinski definition) is 1. The lowest BCUT2D eigenvalue weighted by molar-refractivity contribution is 0.130. The SMILES string of the molecule is CCN(C1CCCNC1)C(C)c1ccc(Br)s1. The highest BCUT2D eigenvalue weighted by Crippen LogP contribution is 2.32. The van der Waals surface area contributed by atoms with E-state index in [4.69, 9.17) is 0 Å². The monoisotopic (exact) mass is 316 g/mol. The Balaban J connectivity index is 2.06. The van der Waals surface area contributed by atoms with Gasteiger partial charge in [-0.05, 0) is 60.9 Å². The second-order valence-corrected chi connectivity index (χ2v) is 7.14. The smallest absolute Gasteiger partial charge is 0.0701 e. The fourth-order valence-corrected chi connectivity index (χ4v) is 4.18. The molecule has 0 saturated carbocycles. The summed E-state index contributed by atoms with van der Waals surface area (Å²) in [5.41, 5.74) is 0. The van der Waals surface area contributed by atoms with E-state index in [1.165, 1.54) is 28.0 Å². The van der Waals surface area contributed by atoms with Crippen LogP contribution in [0.2, 0.25) is 0 Å². The summed E-state index contributed by atoms with van der Waals surface area (Å²) in [7, 11) is 0. The van der Waals surface area contributed by atoms with Crippen LogP contribution in [-0.4, -0.2) is 30.6 Å². The predicted octanol–water partition coefficient (Wildman–Crippen LogP) is 3.65. The van der Waals surface area contributed by atoms with Gasteiger partial charge in [0, 0.05) is 23.5 Å². The molecule has 2 rings (SSSR count). The van der Waals surface area contributed by atoms with Crippen LogP contribution in [-0.2, 0) is 0 Å². The molecule has 1 aliphatic rings. The van der Waals surface area contributed by atoms with Crippen molar-refractivity contribution in [1.82, 2.24) is 10.2 Å². The average molecular weight is 317 g/mol. The molecule has 1 fully saturated rings. The van der Waals surface area contributed by atoms with Crippen molar-refractivity contribution in [3.05, 3.63) is 20.8 Å². The number of halogens is 1. The molecule has 0 spiro atoms. The first-order chi connectivity index (χ1) is 8.22. The van der Waals surface area contributed by atoms with Crippen LogP contribution >= 0.6 is 27.3 Å². The number of nitrogens with one attached hydrogen (secondary N) is 1. The number of likely N-dealkylation sites (N-methyl/N-ethyl adjacent to an activating group) is 1. The summed E-state index contributed by atoms with van der Waals surface area (Å²) in [6, 6.07) is 5.63. The van der Waals surface area contributed by atoms with Gasteiger partial charge in [0.2, 0.25) is 0 Å². The van der Waals surface area contributed by atoms with Crippen molar-refractivity contribution < 1.29 is 0 Å². The summed E-state index contributed by atoms with van der Waals surface area (Å²) in [6.07, 6.45) is 2.64. The molecule has 0 radical (unpaired) electrons. The first-order valence-electron chi connectivity index (χ1n) is 6.44. The third-order valence-corrected chi connectivity index (χ3v) is 5.40. The molecular weight excluding hydrogens is 296 g/mol. The largest absolute Gasteiger partial charge is 0.315 e. The maximum Gasteiger partial charge on any atom is 0.0701 e. The molecule has 0 amide bonds. The molecule has 2 heterocycles. The Morgan fingerprint density at radius 1 is 1.59 bits per heavy atom. The number of rotatable bonds is 4. The first kappa shape index (κ1) is 13.5. The van der Waals surface area contributed by atoms with Gasteiger partial charge < -0.3 is 5.32 Å².